The van der Waals surface area contributed by atoms with Crippen LogP contribution in [0.2, 0.25) is 0 Å². The van der Waals surface area contributed by atoms with Crippen molar-refractivity contribution in [1.29, 1.82) is 5.26 Å². The topological polar surface area (TPSA) is 86.8 Å². The number of hydrogen-bond acceptors (Lipinski definition) is 5. The molecule has 0 bridgehead atoms. The first-order valence-corrected chi connectivity index (χ1v) is 8.41. The Morgan fingerprint density at radius 2 is 2.21 bits per heavy atom. The average Bonchev–Trinajstić information content (AvgIpc) is 3.00. The smallest absolute Gasteiger partial charge is 0.136 e. The van der Waals surface area contributed by atoms with Crippen molar-refractivity contribution in [2.24, 2.45) is 5.92 Å². The van der Waals surface area contributed by atoms with Crippen molar-refractivity contribution in [1.82, 2.24) is 14.5 Å². The normalized spacial score (nSPS) is 20.7. The van der Waals surface area contributed by atoms with E-state index in [0.29, 0.717) is 18.2 Å². The molecule has 2 heterocycles. The number of aliphatic hydroxyl groups is 1. The number of anilines is 1. The van der Waals surface area contributed by atoms with Crippen LogP contribution in [0.1, 0.15) is 49.5 Å². The van der Waals surface area contributed by atoms with Crippen molar-refractivity contribution in [2.45, 2.75) is 44.8 Å². The van der Waals surface area contributed by atoms with Crippen molar-refractivity contribution in [3.8, 4) is 6.07 Å². The van der Waals surface area contributed by atoms with E-state index in [9.17, 15) is 5.11 Å². The fraction of sp³-hybridized carbons (Fsp3) is 0.500. The van der Waals surface area contributed by atoms with E-state index in [1.165, 1.54) is 0 Å². The highest BCUT2D eigenvalue weighted by Crippen LogP contribution is 2.38. The van der Waals surface area contributed by atoms with E-state index in [2.05, 4.69) is 32.5 Å². The van der Waals surface area contributed by atoms with E-state index < -0.39 is 0 Å². The van der Waals surface area contributed by atoms with Crippen LogP contribution < -0.4 is 5.32 Å². The molecule has 6 nitrogen and oxygen atoms in total. The summed E-state index contributed by atoms with van der Waals surface area (Å²) in [6.07, 6.45) is 8.24. The molecule has 0 aliphatic heterocycles. The minimum absolute atomic E-state index is 0.0989. The molecule has 0 aromatic carbocycles. The Morgan fingerprint density at radius 1 is 1.46 bits per heavy atom. The summed E-state index contributed by atoms with van der Waals surface area (Å²) in [7, 11) is 1.84. The summed E-state index contributed by atoms with van der Waals surface area (Å²) in [5.74, 6) is 1.93. The Morgan fingerprint density at radius 3 is 2.79 bits per heavy atom. The standard InChI is InChI=1S/C18H23N5O/c1-3-14-17-15(10-21-18(14)20-2)22-16(11-24)23(17)13-6-4-12(5-7-13)8-9-19/h3,10,12-13,24H,1,4-8,11H2,2H3,(H,20,21). The first kappa shape index (κ1) is 16.5. The molecule has 126 valence electrons. The second-order valence-corrected chi connectivity index (χ2v) is 6.30. The van der Waals surface area contributed by atoms with E-state index >= 15 is 0 Å². The predicted molar refractivity (Wildman–Crippen MR) is 94.3 cm³/mol. The van der Waals surface area contributed by atoms with Gasteiger partial charge in [0.05, 0.1) is 17.8 Å². The monoisotopic (exact) mass is 325 g/mol. The van der Waals surface area contributed by atoms with Gasteiger partial charge in [-0.25, -0.2) is 9.97 Å². The first-order valence-electron chi connectivity index (χ1n) is 8.41. The van der Waals surface area contributed by atoms with E-state index in [4.69, 9.17) is 5.26 Å². The molecular weight excluding hydrogens is 302 g/mol. The average molecular weight is 325 g/mol. The van der Waals surface area contributed by atoms with Gasteiger partial charge in [-0.2, -0.15) is 5.26 Å². The summed E-state index contributed by atoms with van der Waals surface area (Å²) < 4.78 is 2.16. The van der Waals surface area contributed by atoms with Gasteiger partial charge in [0.2, 0.25) is 0 Å². The molecule has 0 unspecified atom stereocenters. The lowest BCUT2D eigenvalue weighted by Gasteiger charge is -2.30. The molecule has 2 aromatic rings. The number of fused-ring (bicyclic) bond motifs is 1. The number of aromatic nitrogens is 3. The van der Waals surface area contributed by atoms with Gasteiger partial charge in [-0.1, -0.05) is 12.7 Å². The largest absolute Gasteiger partial charge is 0.388 e. The van der Waals surface area contributed by atoms with Gasteiger partial charge in [0.25, 0.3) is 0 Å². The lowest BCUT2D eigenvalue weighted by atomic mass is 9.84. The Hall–Kier alpha value is -2.39. The molecule has 1 aliphatic rings. The Balaban J connectivity index is 2.06. The van der Waals surface area contributed by atoms with Crippen molar-refractivity contribution in [3.05, 3.63) is 24.2 Å². The van der Waals surface area contributed by atoms with E-state index in [1.807, 2.05) is 7.05 Å². The highest BCUT2D eigenvalue weighted by Gasteiger charge is 2.27. The molecule has 1 aliphatic carbocycles. The van der Waals surface area contributed by atoms with Crippen LogP contribution >= 0.6 is 0 Å². The SMILES string of the molecule is C=Cc1c(NC)ncc2nc(CO)n(C3CCC(CC#N)CC3)c12. The number of rotatable bonds is 5. The summed E-state index contributed by atoms with van der Waals surface area (Å²) in [5, 5.41) is 21.8. The molecule has 1 saturated carbocycles. The minimum Gasteiger partial charge on any atom is -0.388 e. The number of aliphatic hydroxyl groups excluding tert-OH is 1. The van der Waals surface area contributed by atoms with E-state index in [0.717, 1.165) is 48.1 Å². The summed E-state index contributed by atoms with van der Waals surface area (Å²) in [5.41, 5.74) is 2.69. The van der Waals surface area contributed by atoms with Gasteiger partial charge in [-0.05, 0) is 31.6 Å². The van der Waals surface area contributed by atoms with Gasteiger partial charge in [0.1, 0.15) is 23.8 Å². The van der Waals surface area contributed by atoms with Crippen LogP contribution in [0.4, 0.5) is 5.82 Å². The van der Waals surface area contributed by atoms with E-state index in [-0.39, 0.29) is 12.6 Å². The fourth-order valence-electron chi connectivity index (χ4n) is 3.80. The molecule has 2 N–H and O–H groups in total. The summed E-state index contributed by atoms with van der Waals surface area (Å²) in [4.78, 5) is 8.96. The first-order chi connectivity index (χ1) is 11.7. The molecule has 6 heteroatoms. The van der Waals surface area contributed by atoms with Crippen LogP contribution in [-0.2, 0) is 6.61 Å². The molecule has 0 spiro atoms. The van der Waals surface area contributed by atoms with Crippen LogP contribution in [0.15, 0.2) is 12.8 Å². The number of nitrogens with zero attached hydrogens (tertiary/aromatic N) is 4. The van der Waals surface area contributed by atoms with Crippen molar-refractivity contribution < 1.29 is 5.11 Å². The molecule has 1 fully saturated rings. The number of pyridine rings is 1. The molecule has 3 rings (SSSR count). The molecule has 0 radical (unpaired) electrons. The van der Waals surface area contributed by atoms with Crippen LogP contribution in [-0.4, -0.2) is 26.7 Å². The quantitative estimate of drug-likeness (QED) is 0.881. The summed E-state index contributed by atoms with van der Waals surface area (Å²) in [6, 6.07) is 2.57. The predicted octanol–water partition coefficient (Wildman–Crippen LogP) is 3.25. The second kappa shape index (κ2) is 7.02. The highest BCUT2D eigenvalue weighted by atomic mass is 16.3. The Kier molecular flexibility index (Phi) is 4.81. The van der Waals surface area contributed by atoms with Crippen LogP contribution in [0.5, 0.6) is 0 Å². The third-order valence-corrected chi connectivity index (χ3v) is 4.98. The van der Waals surface area contributed by atoms with Crippen LogP contribution in [0.3, 0.4) is 0 Å². The molecular formula is C18H23N5O. The lowest BCUT2D eigenvalue weighted by Crippen LogP contribution is -2.20. The van der Waals surface area contributed by atoms with Crippen LogP contribution in [0, 0.1) is 17.2 Å². The summed E-state index contributed by atoms with van der Waals surface area (Å²) >= 11 is 0. The zero-order valence-corrected chi connectivity index (χ0v) is 14.0. The fourth-order valence-corrected chi connectivity index (χ4v) is 3.80. The number of hydrogen-bond donors (Lipinski definition) is 2. The molecule has 0 amide bonds. The van der Waals surface area contributed by atoms with Crippen molar-refractivity contribution in [3.63, 3.8) is 0 Å². The maximum absolute atomic E-state index is 9.79. The van der Waals surface area contributed by atoms with Crippen molar-refractivity contribution in [2.75, 3.05) is 12.4 Å². The highest BCUT2D eigenvalue weighted by molar-refractivity contribution is 5.89. The van der Waals surface area contributed by atoms with Gasteiger partial charge in [0.15, 0.2) is 0 Å². The second-order valence-electron chi connectivity index (χ2n) is 6.30. The molecule has 0 atom stereocenters. The molecule has 2 aromatic heterocycles. The van der Waals surface area contributed by atoms with Crippen LogP contribution in [0.25, 0.3) is 17.1 Å². The maximum atomic E-state index is 9.79. The Bertz CT molecular complexity index is 781. The summed E-state index contributed by atoms with van der Waals surface area (Å²) in [6.45, 7) is 3.83. The van der Waals surface area contributed by atoms with Gasteiger partial charge in [-0.3, -0.25) is 0 Å². The van der Waals surface area contributed by atoms with E-state index in [1.54, 1.807) is 12.3 Å². The van der Waals surface area contributed by atoms with Gasteiger partial charge in [0, 0.05) is 25.1 Å². The van der Waals surface area contributed by atoms with Gasteiger partial charge in [-0.15, -0.1) is 0 Å². The lowest BCUT2D eigenvalue weighted by molar-refractivity contribution is 0.239. The van der Waals surface area contributed by atoms with Gasteiger partial charge < -0.3 is 15.0 Å². The zero-order chi connectivity index (χ0) is 17.1. The number of nitrogens with one attached hydrogen (secondary N) is 1. The minimum atomic E-state index is -0.0989. The molecule has 24 heavy (non-hydrogen) atoms. The van der Waals surface area contributed by atoms with Gasteiger partial charge >= 0.3 is 0 Å². The third-order valence-electron chi connectivity index (χ3n) is 4.98. The number of imidazole rings is 1. The zero-order valence-electron chi connectivity index (χ0n) is 14.0. The maximum Gasteiger partial charge on any atom is 0.136 e. The van der Waals surface area contributed by atoms with Crippen molar-refractivity contribution >= 4 is 22.9 Å². The third kappa shape index (κ3) is 2.76. The Labute approximate surface area is 141 Å². The number of nitriles is 1. The molecule has 0 saturated heterocycles.